The van der Waals surface area contributed by atoms with Crippen molar-refractivity contribution >= 4 is 5.97 Å². The fourth-order valence-corrected chi connectivity index (χ4v) is 1.19. The number of hydrogen-bond donors (Lipinski definition) is 2. The van der Waals surface area contributed by atoms with E-state index in [9.17, 15) is 4.79 Å². The van der Waals surface area contributed by atoms with E-state index in [0.29, 0.717) is 12.3 Å². The van der Waals surface area contributed by atoms with Crippen LogP contribution in [-0.4, -0.2) is 17.1 Å². The van der Waals surface area contributed by atoms with Crippen LogP contribution in [0, 0.1) is 5.92 Å². The number of carboxylic acid groups (broad SMARTS) is 1. The minimum Gasteiger partial charge on any atom is -0.480 e. The Kier molecular flexibility index (Phi) is 2.27. The van der Waals surface area contributed by atoms with E-state index in [0.717, 1.165) is 0 Å². The van der Waals surface area contributed by atoms with E-state index in [4.69, 9.17) is 10.8 Å². The van der Waals surface area contributed by atoms with Crippen LogP contribution in [0.1, 0.15) is 25.7 Å². The molecule has 1 aliphatic rings. The third kappa shape index (κ3) is 1.70. The van der Waals surface area contributed by atoms with Gasteiger partial charge in [0.25, 0.3) is 0 Å². The zero-order valence-corrected chi connectivity index (χ0v) is 5.92. The minimum absolute atomic E-state index is 0.589. The highest BCUT2D eigenvalue weighted by Crippen LogP contribution is 2.29. The Balaban J connectivity index is 2.16. The summed E-state index contributed by atoms with van der Waals surface area (Å²) in [4.78, 5) is 10.2. The first-order chi connectivity index (χ1) is 4.70. The van der Waals surface area contributed by atoms with Gasteiger partial charge in [-0.1, -0.05) is 19.3 Å². The number of aliphatic carboxylic acids is 1. The molecule has 3 N–H and O–H groups in total. The summed E-state index contributed by atoms with van der Waals surface area (Å²) in [7, 11) is 0. The minimum atomic E-state index is -0.869. The fourth-order valence-electron chi connectivity index (χ4n) is 1.19. The molecule has 0 bridgehead atoms. The fraction of sp³-hybridized carbons (Fsp3) is 0.857. The number of carboxylic acids is 1. The molecule has 0 aromatic carbocycles. The van der Waals surface area contributed by atoms with E-state index in [1.807, 2.05) is 0 Å². The molecule has 0 heterocycles. The molecule has 0 aliphatic heterocycles. The van der Waals surface area contributed by atoms with Crippen LogP contribution >= 0.6 is 0 Å². The predicted octanol–water partition coefficient (Wildman–Crippen LogP) is 0.588. The van der Waals surface area contributed by atoms with Gasteiger partial charge < -0.3 is 10.8 Å². The lowest BCUT2D eigenvalue weighted by atomic mass is 9.81. The Labute approximate surface area is 60.2 Å². The van der Waals surface area contributed by atoms with E-state index in [2.05, 4.69) is 0 Å². The van der Waals surface area contributed by atoms with Gasteiger partial charge in [0, 0.05) is 0 Å². The van der Waals surface area contributed by atoms with Crippen LogP contribution in [0.25, 0.3) is 0 Å². The summed E-state index contributed by atoms with van der Waals surface area (Å²) in [6, 6.07) is -0.634. The lowest BCUT2D eigenvalue weighted by Crippen LogP contribution is -2.33. The van der Waals surface area contributed by atoms with Gasteiger partial charge in [-0.05, 0) is 12.3 Å². The van der Waals surface area contributed by atoms with Gasteiger partial charge in [-0.2, -0.15) is 0 Å². The molecule has 0 saturated heterocycles. The van der Waals surface area contributed by atoms with Crippen molar-refractivity contribution in [1.29, 1.82) is 0 Å². The smallest absolute Gasteiger partial charge is 0.320 e. The maximum Gasteiger partial charge on any atom is 0.320 e. The van der Waals surface area contributed by atoms with Gasteiger partial charge >= 0.3 is 5.97 Å². The molecule has 10 heavy (non-hydrogen) atoms. The highest BCUT2D eigenvalue weighted by atomic mass is 16.4. The highest BCUT2D eigenvalue weighted by molar-refractivity contribution is 5.73. The van der Waals surface area contributed by atoms with Crippen LogP contribution in [0.2, 0.25) is 0 Å². The topological polar surface area (TPSA) is 63.3 Å². The summed E-state index contributed by atoms with van der Waals surface area (Å²) in [6.07, 6.45) is 4.24. The van der Waals surface area contributed by atoms with E-state index >= 15 is 0 Å². The average Bonchev–Trinajstić information content (AvgIpc) is 1.77. The second-order valence-corrected chi connectivity index (χ2v) is 2.98. The van der Waals surface area contributed by atoms with Crippen LogP contribution in [0.15, 0.2) is 0 Å². The molecule has 1 saturated carbocycles. The van der Waals surface area contributed by atoms with Crippen LogP contribution in [0.5, 0.6) is 0 Å². The molecule has 1 aliphatic carbocycles. The standard InChI is InChI=1S/C7H13NO2/c8-6(7(9)10)4-5-2-1-3-5/h5-6H,1-4,8H2,(H,9,10)/t6-/m1/s1. The number of hydrogen-bond acceptors (Lipinski definition) is 2. The number of rotatable bonds is 3. The van der Waals surface area contributed by atoms with Crippen molar-refractivity contribution in [2.24, 2.45) is 11.7 Å². The molecule has 58 valence electrons. The summed E-state index contributed by atoms with van der Waals surface area (Å²) in [6.45, 7) is 0. The van der Waals surface area contributed by atoms with Crippen LogP contribution in [-0.2, 0) is 4.79 Å². The Morgan fingerprint density at radius 1 is 1.70 bits per heavy atom. The van der Waals surface area contributed by atoms with Crippen LogP contribution in [0.3, 0.4) is 0 Å². The van der Waals surface area contributed by atoms with Crippen molar-refractivity contribution in [3.8, 4) is 0 Å². The van der Waals surface area contributed by atoms with E-state index < -0.39 is 12.0 Å². The normalized spacial score (nSPS) is 21.7. The molecule has 3 nitrogen and oxygen atoms in total. The van der Waals surface area contributed by atoms with Crippen molar-refractivity contribution in [3.05, 3.63) is 0 Å². The van der Waals surface area contributed by atoms with Gasteiger partial charge in [-0.25, -0.2) is 0 Å². The second-order valence-electron chi connectivity index (χ2n) is 2.98. The quantitative estimate of drug-likeness (QED) is 0.607. The largest absolute Gasteiger partial charge is 0.480 e. The Morgan fingerprint density at radius 2 is 2.30 bits per heavy atom. The molecular weight excluding hydrogens is 130 g/mol. The molecule has 1 fully saturated rings. The van der Waals surface area contributed by atoms with Gasteiger partial charge in [0.2, 0.25) is 0 Å². The lowest BCUT2D eigenvalue weighted by Gasteiger charge is -2.26. The number of carbonyl (C=O) groups is 1. The zero-order chi connectivity index (χ0) is 7.56. The van der Waals surface area contributed by atoms with Crippen molar-refractivity contribution in [3.63, 3.8) is 0 Å². The maximum atomic E-state index is 10.2. The van der Waals surface area contributed by atoms with Gasteiger partial charge in [-0.15, -0.1) is 0 Å². The van der Waals surface area contributed by atoms with Crippen molar-refractivity contribution in [2.45, 2.75) is 31.7 Å². The number of nitrogens with two attached hydrogens (primary N) is 1. The summed E-state index contributed by atoms with van der Waals surface area (Å²) in [5.74, 6) is -0.280. The lowest BCUT2D eigenvalue weighted by molar-refractivity contribution is -0.139. The van der Waals surface area contributed by atoms with E-state index in [1.54, 1.807) is 0 Å². The molecule has 0 aromatic rings. The molecule has 1 rings (SSSR count). The van der Waals surface area contributed by atoms with E-state index in [1.165, 1.54) is 19.3 Å². The third-order valence-corrected chi connectivity index (χ3v) is 2.13. The van der Waals surface area contributed by atoms with Gasteiger partial charge in [0.15, 0.2) is 0 Å². The van der Waals surface area contributed by atoms with Crippen LogP contribution in [0.4, 0.5) is 0 Å². The first-order valence-electron chi connectivity index (χ1n) is 3.68. The molecule has 0 spiro atoms. The summed E-state index contributed by atoms with van der Waals surface area (Å²) in [5, 5.41) is 8.43. The highest BCUT2D eigenvalue weighted by Gasteiger charge is 2.23. The first kappa shape index (κ1) is 7.54. The Bertz CT molecular complexity index is 132. The molecule has 0 radical (unpaired) electrons. The summed E-state index contributed by atoms with van der Waals surface area (Å²) in [5.41, 5.74) is 5.33. The summed E-state index contributed by atoms with van der Waals surface area (Å²) >= 11 is 0. The summed E-state index contributed by atoms with van der Waals surface area (Å²) < 4.78 is 0. The molecule has 0 amide bonds. The molecule has 1 atom stereocenters. The molecular formula is C7H13NO2. The third-order valence-electron chi connectivity index (χ3n) is 2.13. The predicted molar refractivity (Wildman–Crippen MR) is 37.6 cm³/mol. The Morgan fingerprint density at radius 3 is 2.60 bits per heavy atom. The SMILES string of the molecule is N[C@H](CC1CCC1)C(=O)O. The zero-order valence-electron chi connectivity index (χ0n) is 5.92. The monoisotopic (exact) mass is 143 g/mol. The molecule has 0 aromatic heterocycles. The van der Waals surface area contributed by atoms with Crippen LogP contribution < -0.4 is 5.73 Å². The first-order valence-corrected chi connectivity index (χ1v) is 3.68. The van der Waals surface area contributed by atoms with Gasteiger partial charge in [0.1, 0.15) is 6.04 Å². The van der Waals surface area contributed by atoms with Crippen molar-refractivity contribution in [1.82, 2.24) is 0 Å². The van der Waals surface area contributed by atoms with Gasteiger partial charge in [-0.3, -0.25) is 4.79 Å². The van der Waals surface area contributed by atoms with Gasteiger partial charge in [0.05, 0.1) is 0 Å². The second kappa shape index (κ2) is 3.01. The average molecular weight is 143 g/mol. The Hall–Kier alpha value is -0.570. The molecule has 0 unspecified atom stereocenters. The molecule has 3 heteroatoms. The van der Waals surface area contributed by atoms with E-state index in [-0.39, 0.29) is 0 Å². The maximum absolute atomic E-state index is 10.2. The van der Waals surface area contributed by atoms with Crippen molar-refractivity contribution in [2.75, 3.05) is 0 Å². The van der Waals surface area contributed by atoms with Crippen molar-refractivity contribution < 1.29 is 9.90 Å².